The van der Waals surface area contributed by atoms with Gasteiger partial charge in [-0.2, -0.15) is 0 Å². The molecule has 3 fully saturated rings. The smallest absolute Gasteiger partial charge is 0.177 e. The van der Waals surface area contributed by atoms with Gasteiger partial charge in [0.1, 0.15) is 0 Å². The van der Waals surface area contributed by atoms with Crippen molar-refractivity contribution in [3.63, 3.8) is 0 Å². The first-order chi connectivity index (χ1) is 18.8. The van der Waals surface area contributed by atoms with Crippen molar-refractivity contribution in [1.82, 2.24) is 0 Å². The SMILES string of the molecule is CC[C@H]1OC(OC2CC[C@@]3(C)C(=CCC4C3CC[C@@]3(C)C4CC[C@@H]3/C(C)=N/Oc3ccccc3)C2)C=C[C@@H]1C. The molecule has 5 aliphatic rings. The van der Waals surface area contributed by atoms with Crippen LogP contribution in [0, 0.1) is 40.4 Å². The van der Waals surface area contributed by atoms with Gasteiger partial charge >= 0.3 is 0 Å². The van der Waals surface area contributed by atoms with E-state index in [0.29, 0.717) is 22.7 Å². The van der Waals surface area contributed by atoms with Crippen molar-refractivity contribution in [3.05, 3.63) is 54.1 Å². The fourth-order valence-corrected chi connectivity index (χ4v) is 9.57. The zero-order chi connectivity index (χ0) is 27.2. The van der Waals surface area contributed by atoms with E-state index in [1.165, 1.54) is 44.2 Å². The Balaban J connectivity index is 1.13. The van der Waals surface area contributed by atoms with Gasteiger partial charge < -0.3 is 14.3 Å². The van der Waals surface area contributed by atoms with Crippen LogP contribution in [0.1, 0.15) is 92.4 Å². The molecule has 5 unspecified atom stereocenters. The third kappa shape index (κ3) is 4.95. The van der Waals surface area contributed by atoms with Gasteiger partial charge in [0.2, 0.25) is 0 Å². The average molecular weight is 532 g/mol. The van der Waals surface area contributed by atoms with Crippen LogP contribution >= 0.6 is 0 Å². The molecule has 4 heteroatoms. The Bertz CT molecular complexity index is 1110. The molecule has 0 spiro atoms. The molecule has 212 valence electrons. The standard InChI is InChI=1S/C35H49NO3/c1-6-32-23(2)12-17-33(38-32)37-27-18-20-34(4)25(22-27)13-14-28-30-16-15-29(35(30,5)21-19-31(28)34)24(3)36-39-26-10-8-7-9-11-26/h7-13,17,23,27-33H,6,14-16,18-22H2,1-5H3/b36-24+/t23-,27?,28?,29+,30?,31?,32+,33?,34-,35+/m0/s1. The van der Waals surface area contributed by atoms with Crippen LogP contribution in [-0.4, -0.2) is 24.2 Å². The first kappa shape index (κ1) is 27.3. The van der Waals surface area contributed by atoms with Crippen molar-refractivity contribution in [2.24, 2.45) is 45.6 Å². The number of oxime groups is 1. The van der Waals surface area contributed by atoms with E-state index in [1.807, 2.05) is 30.3 Å². The predicted octanol–water partition coefficient (Wildman–Crippen LogP) is 8.73. The number of para-hydroxylation sites is 1. The summed E-state index contributed by atoms with van der Waals surface area (Å²) in [4.78, 5) is 5.83. The highest BCUT2D eigenvalue weighted by molar-refractivity contribution is 5.85. The molecule has 0 saturated heterocycles. The molecule has 6 rings (SSSR count). The average Bonchev–Trinajstić information content (AvgIpc) is 3.31. The zero-order valence-corrected chi connectivity index (χ0v) is 24.8. The second-order valence-electron chi connectivity index (χ2n) is 13.8. The van der Waals surface area contributed by atoms with E-state index in [4.69, 9.17) is 14.3 Å². The Labute approximate surface area is 236 Å². The minimum absolute atomic E-state index is 0.181. The van der Waals surface area contributed by atoms with Crippen LogP contribution in [0.25, 0.3) is 0 Å². The summed E-state index contributed by atoms with van der Waals surface area (Å²) in [6.45, 7) is 11.8. The van der Waals surface area contributed by atoms with E-state index >= 15 is 0 Å². The van der Waals surface area contributed by atoms with Crippen molar-refractivity contribution in [2.45, 2.75) is 111 Å². The molecule has 4 aliphatic carbocycles. The molecule has 0 radical (unpaired) electrons. The lowest BCUT2D eigenvalue weighted by Crippen LogP contribution is -2.51. The maximum absolute atomic E-state index is 6.55. The number of benzene rings is 1. The van der Waals surface area contributed by atoms with Crippen molar-refractivity contribution < 1.29 is 14.3 Å². The molecular formula is C35H49NO3. The highest BCUT2D eigenvalue weighted by atomic mass is 16.7. The third-order valence-corrected chi connectivity index (χ3v) is 11.8. The van der Waals surface area contributed by atoms with E-state index in [1.54, 1.807) is 5.57 Å². The largest absolute Gasteiger partial charge is 0.357 e. The minimum atomic E-state index is -0.181. The molecule has 3 saturated carbocycles. The van der Waals surface area contributed by atoms with Crippen molar-refractivity contribution >= 4 is 5.71 Å². The van der Waals surface area contributed by atoms with Gasteiger partial charge in [0.25, 0.3) is 0 Å². The zero-order valence-electron chi connectivity index (χ0n) is 24.8. The van der Waals surface area contributed by atoms with Crippen LogP contribution in [0.2, 0.25) is 0 Å². The molecule has 10 atom stereocenters. The Kier molecular flexibility index (Phi) is 7.56. The van der Waals surface area contributed by atoms with E-state index < -0.39 is 0 Å². The van der Waals surface area contributed by atoms with Gasteiger partial charge in [-0.05, 0) is 112 Å². The van der Waals surface area contributed by atoms with Crippen LogP contribution < -0.4 is 4.84 Å². The second kappa shape index (κ2) is 10.8. The molecule has 1 aromatic rings. The number of fused-ring (bicyclic) bond motifs is 5. The molecule has 1 heterocycles. The van der Waals surface area contributed by atoms with Gasteiger partial charge in [-0.25, -0.2) is 0 Å². The van der Waals surface area contributed by atoms with Gasteiger partial charge in [0, 0.05) is 11.8 Å². The fraction of sp³-hybridized carbons (Fsp3) is 0.686. The van der Waals surface area contributed by atoms with E-state index in [-0.39, 0.29) is 18.5 Å². The second-order valence-corrected chi connectivity index (χ2v) is 13.8. The molecule has 39 heavy (non-hydrogen) atoms. The van der Waals surface area contributed by atoms with Crippen molar-refractivity contribution in [2.75, 3.05) is 0 Å². The number of nitrogens with zero attached hydrogens (tertiary/aromatic N) is 1. The predicted molar refractivity (Wildman–Crippen MR) is 158 cm³/mol. The summed E-state index contributed by atoms with van der Waals surface area (Å²) in [6.07, 6.45) is 18.4. The minimum Gasteiger partial charge on any atom is -0.357 e. The molecule has 0 N–H and O–H groups in total. The fourth-order valence-electron chi connectivity index (χ4n) is 9.57. The highest BCUT2D eigenvalue weighted by Crippen LogP contribution is 2.66. The van der Waals surface area contributed by atoms with Crippen LogP contribution in [-0.2, 0) is 9.47 Å². The van der Waals surface area contributed by atoms with E-state index in [9.17, 15) is 0 Å². The Morgan fingerprint density at radius 3 is 2.64 bits per heavy atom. The number of ether oxygens (including phenoxy) is 2. The van der Waals surface area contributed by atoms with Gasteiger partial charge in [0.15, 0.2) is 12.0 Å². The van der Waals surface area contributed by atoms with Gasteiger partial charge in [0.05, 0.1) is 17.9 Å². The summed E-state index contributed by atoms with van der Waals surface area (Å²) in [6, 6.07) is 9.98. The summed E-state index contributed by atoms with van der Waals surface area (Å²) in [5.74, 6) is 4.18. The summed E-state index contributed by atoms with van der Waals surface area (Å²) in [5, 5.41) is 4.64. The summed E-state index contributed by atoms with van der Waals surface area (Å²) < 4.78 is 12.8. The molecule has 0 aromatic heterocycles. The molecular weight excluding hydrogens is 482 g/mol. The van der Waals surface area contributed by atoms with Gasteiger partial charge in [-0.15, -0.1) is 0 Å². The lowest BCUT2D eigenvalue weighted by Gasteiger charge is -2.58. The lowest BCUT2D eigenvalue weighted by atomic mass is 9.47. The molecule has 4 nitrogen and oxygen atoms in total. The first-order valence-electron chi connectivity index (χ1n) is 15.8. The van der Waals surface area contributed by atoms with Crippen LogP contribution in [0.15, 0.2) is 59.3 Å². The van der Waals surface area contributed by atoms with Gasteiger partial charge in [-0.3, -0.25) is 0 Å². The molecule has 1 aliphatic heterocycles. The summed E-state index contributed by atoms with van der Waals surface area (Å²) >= 11 is 0. The Morgan fingerprint density at radius 1 is 1.03 bits per heavy atom. The van der Waals surface area contributed by atoms with E-state index in [0.717, 1.165) is 42.8 Å². The third-order valence-electron chi connectivity index (χ3n) is 11.8. The van der Waals surface area contributed by atoms with Crippen LogP contribution in [0.3, 0.4) is 0 Å². The number of hydrogen-bond donors (Lipinski definition) is 0. The molecule has 1 aromatic carbocycles. The Morgan fingerprint density at radius 2 is 1.85 bits per heavy atom. The molecule has 0 amide bonds. The number of allylic oxidation sites excluding steroid dienone is 1. The van der Waals surface area contributed by atoms with Gasteiger partial charge in [-0.1, -0.05) is 68.8 Å². The van der Waals surface area contributed by atoms with Crippen molar-refractivity contribution in [3.8, 4) is 5.75 Å². The quantitative estimate of drug-likeness (QED) is 0.209. The van der Waals surface area contributed by atoms with E-state index in [2.05, 4.69) is 58.0 Å². The summed E-state index contributed by atoms with van der Waals surface area (Å²) in [7, 11) is 0. The normalized spacial score (nSPS) is 43.7. The Hall–Kier alpha value is -1.91. The first-order valence-corrected chi connectivity index (χ1v) is 15.8. The van der Waals surface area contributed by atoms with Crippen molar-refractivity contribution in [1.29, 1.82) is 0 Å². The topological polar surface area (TPSA) is 40.0 Å². The molecule has 0 bridgehead atoms. The lowest BCUT2D eigenvalue weighted by molar-refractivity contribution is -0.188. The maximum atomic E-state index is 6.55. The van der Waals surface area contributed by atoms with Crippen LogP contribution in [0.5, 0.6) is 5.75 Å². The summed E-state index contributed by atoms with van der Waals surface area (Å²) in [5.41, 5.74) is 3.50. The highest BCUT2D eigenvalue weighted by Gasteiger charge is 2.59. The van der Waals surface area contributed by atoms with Crippen LogP contribution in [0.4, 0.5) is 0 Å². The monoisotopic (exact) mass is 531 g/mol. The number of rotatable bonds is 6. The maximum Gasteiger partial charge on any atom is 0.177 e. The number of hydrogen-bond acceptors (Lipinski definition) is 4.